The van der Waals surface area contributed by atoms with Crippen LogP contribution in [0.15, 0.2) is 40.9 Å². The predicted molar refractivity (Wildman–Crippen MR) is 107 cm³/mol. The molecule has 0 aliphatic rings. The molecule has 152 valence electrons. The molecule has 0 saturated heterocycles. The number of nitrogens with zero attached hydrogens (tertiary/aromatic N) is 1. The fraction of sp³-hybridized carbons (Fsp3) is 0.476. The van der Waals surface area contributed by atoms with Crippen LogP contribution in [0.3, 0.4) is 0 Å². The Kier molecular flexibility index (Phi) is 6.83. The number of hydrogen-bond donors (Lipinski definition) is 2. The van der Waals surface area contributed by atoms with E-state index in [1.54, 1.807) is 26.8 Å². The Labute approximate surface area is 165 Å². The largest absolute Gasteiger partial charge is 0.444 e. The van der Waals surface area contributed by atoms with Crippen LogP contribution in [0.4, 0.5) is 4.79 Å². The Bertz CT molecular complexity index is 789. The van der Waals surface area contributed by atoms with Crippen molar-refractivity contribution in [1.82, 2.24) is 15.8 Å². The van der Waals surface area contributed by atoms with Crippen LogP contribution in [0.1, 0.15) is 58.0 Å². The van der Waals surface area contributed by atoms with E-state index in [2.05, 4.69) is 15.8 Å². The molecule has 0 radical (unpaired) electrons. The molecule has 0 fully saturated rings. The standard InChI is InChI=1S/C21H29N3O4/c1-6-21(7-2,14-22-19(26)27-20(3,4)5)23-18(25)17-13-16(24-28-17)15-11-9-8-10-12-15/h8-13H,6-7,14H2,1-5H3,(H,22,26)(H,23,25). The van der Waals surface area contributed by atoms with E-state index in [9.17, 15) is 9.59 Å². The molecule has 2 rings (SSSR count). The van der Waals surface area contributed by atoms with Crippen molar-refractivity contribution in [3.8, 4) is 11.3 Å². The van der Waals surface area contributed by atoms with Crippen molar-refractivity contribution in [1.29, 1.82) is 0 Å². The number of alkyl carbamates (subject to hydrolysis) is 1. The van der Waals surface area contributed by atoms with Gasteiger partial charge in [0, 0.05) is 18.2 Å². The summed E-state index contributed by atoms with van der Waals surface area (Å²) >= 11 is 0. The summed E-state index contributed by atoms with van der Waals surface area (Å²) in [5, 5.41) is 9.71. The second kappa shape index (κ2) is 8.91. The molecule has 0 atom stereocenters. The van der Waals surface area contributed by atoms with Gasteiger partial charge in [-0.05, 0) is 33.6 Å². The summed E-state index contributed by atoms with van der Waals surface area (Å²) in [7, 11) is 0. The van der Waals surface area contributed by atoms with Crippen molar-refractivity contribution in [2.45, 2.75) is 58.6 Å². The van der Waals surface area contributed by atoms with E-state index in [1.807, 2.05) is 44.2 Å². The number of aromatic nitrogens is 1. The van der Waals surface area contributed by atoms with Crippen LogP contribution >= 0.6 is 0 Å². The zero-order valence-corrected chi connectivity index (χ0v) is 17.2. The molecule has 1 aromatic heterocycles. The molecule has 2 N–H and O–H groups in total. The second-order valence-corrected chi connectivity index (χ2v) is 7.74. The van der Waals surface area contributed by atoms with E-state index >= 15 is 0 Å². The number of benzene rings is 1. The SMILES string of the molecule is CCC(CC)(CNC(=O)OC(C)(C)C)NC(=O)c1cc(-c2ccccc2)no1. The third kappa shape index (κ3) is 5.84. The van der Waals surface area contributed by atoms with E-state index in [-0.39, 0.29) is 18.2 Å². The number of rotatable bonds is 7. The first-order valence-corrected chi connectivity index (χ1v) is 9.49. The molecule has 7 heteroatoms. The van der Waals surface area contributed by atoms with Gasteiger partial charge in [-0.25, -0.2) is 4.79 Å². The van der Waals surface area contributed by atoms with E-state index in [1.165, 1.54) is 0 Å². The maximum absolute atomic E-state index is 12.7. The van der Waals surface area contributed by atoms with Gasteiger partial charge in [0.25, 0.3) is 5.91 Å². The molecular formula is C21H29N3O4. The molecule has 0 bridgehead atoms. The van der Waals surface area contributed by atoms with E-state index in [0.717, 1.165) is 5.56 Å². The zero-order chi connectivity index (χ0) is 20.8. The number of nitrogens with one attached hydrogen (secondary N) is 2. The zero-order valence-electron chi connectivity index (χ0n) is 17.2. The molecule has 0 unspecified atom stereocenters. The minimum Gasteiger partial charge on any atom is -0.444 e. The van der Waals surface area contributed by atoms with Crippen LogP contribution in [0, 0.1) is 0 Å². The van der Waals surface area contributed by atoms with Gasteiger partial charge in [-0.1, -0.05) is 49.3 Å². The molecule has 1 heterocycles. The lowest BCUT2D eigenvalue weighted by Gasteiger charge is -2.33. The summed E-state index contributed by atoms with van der Waals surface area (Å²) in [6.07, 6.45) is 0.745. The Morgan fingerprint density at radius 2 is 1.75 bits per heavy atom. The number of ether oxygens (including phenoxy) is 1. The number of amides is 2. The maximum atomic E-state index is 12.7. The fourth-order valence-corrected chi connectivity index (χ4v) is 2.71. The highest BCUT2D eigenvalue weighted by Crippen LogP contribution is 2.20. The molecular weight excluding hydrogens is 358 g/mol. The molecule has 0 saturated carbocycles. The highest BCUT2D eigenvalue weighted by molar-refractivity contribution is 5.93. The van der Waals surface area contributed by atoms with Crippen molar-refractivity contribution in [3.63, 3.8) is 0 Å². The Balaban J connectivity index is 2.05. The normalized spacial score (nSPS) is 11.8. The van der Waals surface area contributed by atoms with E-state index < -0.39 is 17.2 Å². The Hall–Kier alpha value is -2.83. The Morgan fingerprint density at radius 3 is 2.32 bits per heavy atom. The van der Waals surface area contributed by atoms with Gasteiger partial charge in [-0.2, -0.15) is 0 Å². The van der Waals surface area contributed by atoms with Crippen molar-refractivity contribution in [2.24, 2.45) is 0 Å². The summed E-state index contributed by atoms with van der Waals surface area (Å²) in [6, 6.07) is 11.1. The highest BCUT2D eigenvalue weighted by atomic mass is 16.6. The van der Waals surface area contributed by atoms with Gasteiger partial charge in [0.05, 0.1) is 5.54 Å². The summed E-state index contributed by atoms with van der Waals surface area (Å²) in [6.45, 7) is 9.56. The van der Waals surface area contributed by atoms with Gasteiger partial charge in [-0.15, -0.1) is 0 Å². The summed E-state index contributed by atoms with van der Waals surface area (Å²) in [5.41, 5.74) is 0.265. The van der Waals surface area contributed by atoms with E-state index in [4.69, 9.17) is 9.26 Å². The minimum atomic E-state index is -0.617. The van der Waals surface area contributed by atoms with Crippen molar-refractivity contribution >= 4 is 12.0 Å². The average molecular weight is 387 g/mol. The van der Waals surface area contributed by atoms with E-state index in [0.29, 0.717) is 18.5 Å². The molecule has 0 aliphatic heterocycles. The quantitative estimate of drug-likeness (QED) is 0.744. The fourth-order valence-electron chi connectivity index (χ4n) is 2.71. The minimum absolute atomic E-state index is 0.127. The topological polar surface area (TPSA) is 93.5 Å². The summed E-state index contributed by atoms with van der Waals surface area (Å²) < 4.78 is 10.5. The third-order valence-electron chi connectivity index (χ3n) is 4.51. The van der Waals surface area contributed by atoms with Crippen LogP contribution < -0.4 is 10.6 Å². The molecule has 2 aromatic rings. The maximum Gasteiger partial charge on any atom is 0.407 e. The summed E-state index contributed by atoms with van der Waals surface area (Å²) in [4.78, 5) is 24.7. The lowest BCUT2D eigenvalue weighted by molar-refractivity contribution is 0.0500. The van der Waals surface area contributed by atoms with Crippen LogP contribution in [-0.4, -0.2) is 34.8 Å². The lowest BCUT2D eigenvalue weighted by atomic mass is 9.92. The first kappa shape index (κ1) is 21.5. The van der Waals surface area contributed by atoms with Gasteiger partial charge in [-0.3, -0.25) is 4.79 Å². The average Bonchev–Trinajstić information content (AvgIpc) is 3.15. The summed E-state index contributed by atoms with van der Waals surface area (Å²) in [5.74, 6) is -0.244. The second-order valence-electron chi connectivity index (χ2n) is 7.74. The Morgan fingerprint density at radius 1 is 1.11 bits per heavy atom. The van der Waals surface area contributed by atoms with Crippen molar-refractivity contribution < 1.29 is 18.8 Å². The number of carbonyl (C=O) groups excluding carboxylic acids is 2. The van der Waals surface area contributed by atoms with Gasteiger partial charge < -0.3 is 19.9 Å². The van der Waals surface area contributed by atoms with Crippen LogP contribution in [0.25, 0.3) is 11.3 Å². The van der Waals surface area contributed by atoms with Crippen molar-refractivity contribution in [3.05, 3.63) is 42.2 Å². The van der Waals surface area contributed by atoms with Gasteiger partial charge in [0.1, 0.15) is 11.3 Å². The smallest absolute Gasteiger partial charge is 0.407 e. The third-order valence-corrected chi connectivity index (χ3v) is 4.51. The molecule has 0 spiro atoms. The number of hydrogen-bond acceptors (Lipinski definition) is 5. The van der Waals surface area contributed by atoms with Gasteiger partial charge in [0.2, 0.25) is 5.76 Å². The molecule has 28 heavy (non-hydrogen) atoms. The van der Waals surface area contributed by atoms with Gasteiger partial charge in [0.15, 0.2) is 0 Å². The molecule has 1 aromatic carbocycles. The highest BCUT2D eigenvalue weighted by Gasteiger charge is 2.31. The monoisotopic (exact) mass is 387 g/mol. The molecule has 2 amide bonds. The predicted octanol–water partition coefficient (Wildman–Crippen LogP) is 4.15. The molecule has 7 nitrogen and oxygen atoms in total. The molecule has 0 aliphatic carbocycles. The first-order chi connectivity index (χ1) is 13.2. The lowest BCUT2D eigenvalue weighted by Crippen LogP contribution is -2.55. The van der Waals surface area contributed by atoms with Crippen molar-refractivity contribution in [2.75, 3.05) is 6.54 Å². The van der Waals surface area contributed by atoms with Gasteiger partial charge >= 0.3 is 6.09 Å². The first-order valence-electron chi connectivity index (χ1n) is 9.49. The number of carbonyl (C=O) groups is 2. The van der Waals surface area contributed by atoms with Crippen LogP contribution in [0.5, 0.6) is 0 Å². The van der Waals surface area contributed by atoms with Crippen LogP contribution in [0.2, 0.25) is 0 Å². The van der Waals surface area contributed by atoms with Crippen LogP contribution in [-0.2, 0) is 4.74 Å².